The third-order valence-corrected chi connectivity index (χ3v) is 12.9. The number of aromatic nitrogens is 3. The fourth-order valence-electron chi connectivity index (χ4n) is 9.47. The number of anilines is 1. The summed E-state index contributed by atoms with van der Waals surface area (Å²) in [6.07, 6.45) is 4.34. The van der Waals surface area contributed by atoms with Crippen LogP contribution in [0, 0.1) is 12.8 Å². The average molecular weight is 792 g/mol. The van der Waals surface area contributed by atoms with E-state index in [2.05, 4.69) is 111 Å². The lowest BCUT2D eigenvalue weighted by Gasteiger charge is -2.37. The Morgan fingerprint density at radius 1 is 0.814 bits per heavy atom. The van der Waals surface area contributed by atoms with Crippen molar-refractivity contribution < 1.29 is 19.1 Å². The van der Waals surface area contributed by atoms with Gasteiger partial charge in [0.05, 0.1) is 22.8 Å². The van der Waals surface area contributed by atoms with Crippen LogP contribution in [0.5, 0.6) is 5.75 Å². The van der Waals surface area contributed by atoms with E-state index < -0.39 is 5.92 Å². The van der Waals surface area contributed by atoms with Gasteiger partial charge in [0.25, 0.3) is 5.91 Å². The summed E-state index contributed by atoms with van der Waals surface area (Å²) in [4.78, 5) is 44.2. The zero-order valence-corrected chi connectivity index (χ0v) is 34.1. The molecule has 3 aliphatic heterocycles. The number of benzene rings is 4. The van der Waals surface area contributed by atoms with Gasteiger partial charge in [0.15, 0.2) is 6.61 Å². The molecule has 3 aliphatic rings. The lowest BCUT2D eigenvalue weighted by Crippen LogP contribution is -2.50. The molecule has 9 rings (SSSR count). The first kappa shape index (κ1) is 38.6. The van der Waals surface area contributed by atoms with E-state index in [1.54, 1.807) is 4.68 Å². The van der Waals surface area contributed by atoms with Gasteiger partial charge in [0.1, 0.15) is 5.75 Å². The Morgan fingerprint density at radius 3 is 2.32 bits per heavy atom. The monoisotopic (exact) mass is 791 g/mol. The van der Waals surface area contributed by atoms with E-state index in [4.69, 9.17) is 4.74 Å². The number of rotatable bonds is 11. The predicted molar refractivity (Wildman–Crippen MR) is 232 cm³/mol. The first-order valence-electron chi connectivity index (χ1n) is 21.2. The predicted octanol–water partition coefficient (Wildman–Crippen LogP) is 6.90. The number of hydrogen-bond donors (Lipinski definition) is 1. The van der Waals surface area contributed by atoms with Gasteiger partial charge in [0, 0.05) is 87.3 Å². The standard InChI is InChI=1S/C48H53N7O4/c1-33-39-10-6-7-11-42(39)55(47(33)36-8-4-3-5-9-36)31-35-12-14-37(15-13-35)53-24-21-34(22-25-53)20-23-52-26-28-54(29-27-52)45(57)32-59-38-16-17-40-43(30-38)51(2)50-46(40)41-18-19-44(56)49-48(41)58/h3-17,30,34,41H,18-29,31-32H2,1-2H3,(H,49,56,58). The number of fused-ring (bicyclic) bond motifs is 2. The fraction of sp³-hybridized carbons (Fsp3) is 0.375. The molecule has 3 amide bonds. The second-order valence-corrected chi connectivity index (χ2v) is 16.5. The molecule has 11 nitrogen and oxygen atoms in total. The SMILES string of the molecule is Cc1c(-c2ccccc2)n(Cc2ccc(N3CCC(CCN4CCN(C(=O)COc5ccc6c(C7CCC(=O)NC7=O)nn(C)c6c5)CC4)CC3)cc2)c2ccccc12. The van der Waals surface area contributed by atoms with Crippen LogP contribution < -0.4 is 15.0 Å². The van der Waals surface area contributed by atoms with Gasteiger partial charge >= 0.3 is 0 Å². The molecule has 6 aromatic rings. The van der Waals surface area contributed by atoms with Crippen molar-refractivity contribution >= 4 is 45.2 Å². The number of hydrogen-bond acceptors (Lipinski definition) is 7. The van der Waals surface area contributed by atoms with Crippen molar-refractivity contribution in [2.75, 3.05) is 57.3 Å². The number of amides is 3. The van der Waals surface area contributed by atoms with E-state index in [0.29, 0.717) is 37.4 Å². The van der Waals surface area contributed by atoms with E-state index in [-0.39, 0.29) is 24.3 Å². The highest BCUT2D eigenvalue weighted by molar-refractivity contribution is 6.02. The van der Waals surface area contributed by atoms with Crippen LogP contribution in [0.15, 0.2) is 97.1 Å². The van der Waals surface area contributed by atoms with Gasteiger partial charge in [0.2, 0.25) is 11.8 Å². The number of carbonyl (C=O) groups excluding carboxylic acids is 3. The Hall–Kier alpha value is -5.94. The lowest BCUT2D eigenvalue weighted by molar-refractivity contribution is -0.135. The maximum Gasteiger partial charge on any atom is 0.260 e. The number of para-hydroxylation sites is 1. The summed E-state index contributed by atoms with van der Waals surface area (Å²) in [5.41, 5.74) is 9.24. The molecule has 0 saturated carbocycles. The largest absolute Gasteiger partial charge is 0.484 e. The van der Waals surface area contributed by atoms with Gasteiger partial charge < -0.3 is 19.1 Å². The van der Waals surface area contributed by atoms with Crippen molar-refractivity contribution in [3.63, 3.8) is 0 Å². The van der Waals surface area contributed by atoms with Crippen LogP contribution in [0.1, 0.15) is 54.8 Å². The number of aryl methyl sites for hydroxylation is 2. The zero-order chi connectivity index (χ0) is 40.5. The third-order valence-electron chi connectivity index (χ3n) is 12.9. The van der Waals surface area contributed by atoms with E-state index in [9.17, 15) is 14.4 Å². The van der Waals surface area contributed by atoms with Crippen LogP contribution in [0.4, 0.5) is 5.69 Å². The molecular weight excluding hydrogens is 739 g/mol. The van der Waals surface area contributed by atoms with E-state index >= 15 is 0 Å². The number of nitrogens with one attached hydrogen (secondary N) is 1. The maximum absolute atomic E-state index is 13.1. The Kier molecular flexibility index (Phi) is 10.9. The molecule has 0 bridgehead atoms. The van der Waals surface area contributed by atoms with Gasteiger partial charge in [-0.15, -0.1) is 0 Å². The van der Waals surface area contributed by atoms with Crippen molar-refractivity contribution in [2.24, 2.45) is 13.0 Å². The number of ether oxygens (including phenoxy) is 1. The molecule has 1 unspecified atom stereocenters. The number of carbonyl (C=O) groups is 3. The molecule has 1 N–H and O–H groups in total. The van der Waals surface area contributed by atoms with Crippen molar-refractivity contribution in [3.8, 4) is 17.0 Å². The summed E-state index contributed by atoms with van der Waals surface area (Å²) in [6.45, 7) is 9.47. The Balaban J connectivity index is 0.716. The van der Waals surface area contributed by atoms with Crippen LogP contribution in [0.2, 0.25) is 0 Å². The van der Waals surface area contributed by atoms with Gasteiger partial charge in [-0.05, 0) is 92.1 Å². The summed E-state index contributed by atoms with van der Waals surface area (Å²) in [7, 11) is 1.82. The highest BCUT2D eigenvalue weighted by Crippen LogP contribution is 2.35. The van der Waals surface area contributed by atoms with Crippen LogP contribution in [-0.2, 0) is 28.0 Å². The number of piperidine rings is 2. The topological polar surface area (TPSA) is 105 Å². The minimum absolute atomic E-state index is 0.00960. The normalized spacial score (nSPS) is 18.2. The lowest BCUT2D eigenvalue weighted by atomic mass is 9.93. The Labute approximate surface area is 345 Å². The van der Waals surface area contributed by atoms with Crippen molar-refractivity contribution in [3.05, 3.63) is 114 Å². The van der Waals surface area contributed by atoms with E-state index in [1.165, 1.54) is 58.2 Å². The summed E-state index contributed by atoms with van der Waals surface area (Å²) in [5.74, 6) is 0.276. The summed E-state index contributed by atoms with van der Waals surface area (Å²) >= 11 is 0. The Morgan fingerprint density at radius 2 is 1.56 bits per heavy atom. The second-order valence-electron chi connectivity index (χ2n) is 16.5. The quantitative estimate of drug-likeness (QED) is 0.143. The van der Waals surface area contributed by atoms with Gasteiger partial charge in [-0.1, -0.05) is 60.7 Å². The summed E-state index contributed by atoms with van der Waals surface area (Å²) < 4.78 is 10.2. The molecule has 0 aliphatic carbocycles. The first-order valence-corrected chi connectivity index (χ1v) is 21.2. The van der Waals surface area contributed by atoms with Crippen LogP contribution in [0.25, 0.3) is 33.1 Å². The highest BCUT2D eigenvalue weighted by atomic mass is 16.5. The van der Waals surface area contributed by atoms with Gasteiger partial charge in [-0.3, -0.25) is 29.3 Å². The molecule has 0 spiro atoms. The molecule has 2 aromatic heterocycles. The molecule has 11 heteroatoms. The molecule has 3 saturated heterocycles. The van der Waals surface area contributed by atoms with Crippen LogP contribution in [0.3, 0.4) is 0 Å². The third kappa shape index (κ3) is 8.08. The number of nitrogens with zero attached hydrogens (tertiary/aromatic N) is 6. The average Bonchev–Trinajstić information content (AvgIpc) is 3.74. The number of piperazine rings is 1. The van der Waals surface area contributed by atoms with Crippen molar-refractivity contribution in [1.29, 1.82) is 0 Å². The van der Waals surface area contributed by atoms with Gasteiger partial charge in [-0.25, -0.2) is 0 Å². The fourth-order valence-corrected chi connectivity index (χ4v) is 9.47. The van der Waals surface area contributed by atoms with E-state index in [0.717, 1.165) is 56.1 Å². The number of imide groups is 1. The van der Waals surface area contributed by atoms with Crippen molar-refractivity contribution in [1.82, 2.24) is 29.5 Å². The molecule has 3 fully saturated rings. The van der Waals surface area contributed by atoms with Crippen molar-refractivity contribution in [2.45, 2.75) is 51.5 Å². The molecule has 5 heterocycles. The first-order chi connectivity index (χ1) is 28.8. The Bertz CT molecular complexity index is 2470. The smallest absolute Gasteiger partial charge is 0.260 e. The maximum atomic E-state index is 13.1. The zero-order valence-electron chi connectivity index (χ0n) is 34.1. The second kappa shape index (κ2) is 16.7. The van der Waals surface area contributed by atoms with Crippen LogP contribution in [-0.4, -0.2) is 94.3 Å². The molecular formula is C48H53N7O4. The molecule has 0 radical (unpaired) electrons. The molecule has 1 atom stereocenters. The molecule has 4 aromatic carbocycles. The molecule has 59 heavy (non-hydrogen) atoms. The van der Waals surface area contributed by atoms with Gasteiger partial charge in [-0.2, -0.15) is 5.10 Å². The summed E-state index contributed by atoms with van der Waals surface area (Å²) in [6, 6.07) is 34.3. The summed E-state index contributed by atoms with van der Waals surface area (Å²) in [5, 5.41) is 9.18. The minimum atomic E-state index is -0.464. The minimum Gasteiger partial charge on any atom is -0.484 e. The highest BCUT2D eigenvalue weighted by Gasteiger charge is 2.32. The van der Waals surface area contributed by atoms with E-state index in [1.807, 2.05) is 30.1 Å². The molecule has 304 valence electrons. The van der Waals surface area contributed by atoms with Crippen LogP contribution >= 0.6 is 0 Å².